The van der Waals surface area contributed by atoms with Gasteiger partial charge in [-0.05, 0) is 42.0 Å². The number of rotatable bonds is 5. The first kappa shape index (κ1) is 18.7. The van der Waals surface area contributed by atoms with Gasteiger partial charge in [-0.2, -0.15) is 0 Å². The van der Waals surface area contributed by atoms with Crippen molar-refractivity contribution in [3.05, 3.63) is 76.6 Å². The summed E-state index contributed by atoms with van der Waals surface area (Å²) in [6.07, 6.45) is -0.633. The third-order valence-corrected chi connectivity index (χ3v) is 5.58. The number of amides is 1. The van der Waals surface area contributed by atoms with E-state index in [4.69, 9.17) is 4.74 Å². The molecule has 0 fully saturated rings. The monoisotopic (exact) mass is 452 g/mol. The Morgan fingerprint density at radius 2 is 1.82 bits per heavy atom. The van der Waals surface area contributed by atoms with Gasteiger partial charge in [0, 0.05) is 15.4 Å². The number of anilines is 1. The molecule has 0 aliphatic heterocycles. The maximum Gasteiger partial charge on any atom is 0.266 e. The number of hydrogen-bond acceptors (Lipinski definition) is 4. The zero-order chi connectivity index (χ0) is 19.5. The number of benzene rings is 3. The lowest BCUT2D eigenvalue weighted by molar-refractivity contribution is -0.122. The molecule has 4 rings (SSSR count). The Labute approximate surface area is 175 Å². The first-order chi connectivity index (χ1) is 13.6. The quantitative estimate of drug-likeness (QED) is 0.396. The number of aromatic nitrogens is 1. The van der Waals surface area contributed by atoms with E-state index >= 15 is 0 Å². The van der Waals surface area contributed by atoms with Crippen molar-refractivity contribution in [1.29, 1.82) is 0 Å². The number of thiazole rings is 1. The zero-order valence-corrected chi connectivity index (χ0v) is 17.5. The summed E-state index contributed by atoms with van der Waals surface area (Å²) in [5.74, 6) is 0.406. The molecule has 0 saturated heterocycles. The SMILES string of the molecule is CC(Oc1ccc(Br)cc1)C(=O)Nc1nc(-c2cccc3ccccc23)cs1. The summed E-state index contributed by atoms with van der Waals surface area (Å²) in [4.78, 5) is 17.1. The molecule has 28 heavy (non-hydrogen) atoms. The number of ether oxygens (including phenoxy) is 1. The van der Waals surface area contributed by atoms with E-state index in [1.807, 2.05) is 53.9 Å². The van der Waals surface area contributed by atoms with Crippen molar-refractivity contribution >= 4 is 49.1 Å². The molecular weight excluding hydrogens is 436 g/mol. The summed E-state index contributed by atoms with van der Waals surface area (Å²) >= 11 is 4.78. The lowest BCUT2D eigenvalue weighted by Crippen LogP contribution is -2.30. The van der Waals surface area contributed by atoms with Gasteiger partial charge in [0.15, 0.2) is 11.2 Å². The number of nitrogens with zero attached hydrogens (tertiary/aromatic N) is 1. The van der Waals surface area contributed by atoms with Crippen molar-refractivity contribution in [2.24, 2.45) is 0 Å². The molecule has 1 amide bonds. The molecule has 0 aliphatic rings. The normalized spacial score (nSPS) is 11.9. The van der Waals surface area contributed by atoms with Crippen LogP contribution in [-0.2, 0) is 4.79 Å². The van der Waals surface area contributed by atoms with Gasteiger partial charge in [0.25, 0.3) is 5.91 Å². The highest BCUT2D eigenvalue weighted by Crippen LogP contribution is 2.31. The molecule has 0 saturated carbocycles. The van der Waals surface area contributed by atoms with Gasteiger partial charge in [-0.25, -0.2) is 4.98 Å². The van der Waals surface area contributed by atoms with Crippen molar-refractivity contribution in [2.45, 2.75) is 13.0 Å². The molecule has 1 aromatic heterocycles. The van der Waals surface area contributed by atoms with E-state index in [9.17, 15) is 4.79 Å². The smallest absolute Gasteiger partial charge is 0.266 e. The summed E-state index contributed by atoms with van der Waals surface area (Å²) in [5, 5.41) is 7.66. The van der Waals surface area contributed by atoms with Crippen LogP contribution in [0.25, 0.3) is 22.0 Å². The third kappa shape index (κ3) is 4.08. The summed E-state index contributed by atoms with van der Waals surface area (Å²) in [7, 11) is 0. The van der Waals surface area contributed by atoms with Crippen molar-refractivity contribution in [3.63, 3.8) is 0 Å². The van der Waals surface area contributed by atoms with E-state index < -0.39 is 6.10 Å². The first-order valence-electron chi connectivity index (χ1n) is 8.77. The number of carbonyl (C=O) groups is 1. The van der Waals surface area contributed by atoms with Crippen LogP contribution in [0.5, 0.6) is 5.75 Å². The molecule has 1 N–H and O–H groups in total. The largest absolute Gasteiger partial charge is 0.481 e. The highest BCUT2D eigenvalue weighted by molar-refractivity contribution is 9.10. The second kappa shape index (κ2) is 8.12. The number of nitrogens with one attached hydrogen (secondary N) is 1. The van der Waals surface area contributed by atoms with Crippen molar-refractivity contribution < 1.29 is 9.53 Å². The Hall–Kier alpha value is -2.70. The molecule has 0 aliphatic carbocycles. The average molecular weight is 453 g/mol. The average Bonchev–Trinajstić information content (AvgIpc) is 3.17. The highest BCUT2D eigenvalue weighted by atomic mass is 79.9. The Balaban J connectivity index is 1.48. The van der Waals surface area contributed by atoms with Gasteiger partial charge in [0.2, 0.25) is 0 Å². The van der Waals surface area contributed by atoms with Crippen LogP contribution in [0.1, 0.15) is 6.92 Å². The summed E-state index contributed by atoms with van der Waals surface area (Å²) in [6, 6.07) is 21.7. The molecule has 4 aromatic rings. The maximum atomic E-state index is 12.5. The lowest BCUT2D eigenvalue weighted by atomic mass is 10.0. The predicted molar refractivity (Wildman–Crippen MR) is 118 cm³/mol. The maximum absolute atomic E-state index is 12.5. The standard InChI is InChI=1S/C22H17BrN2O2S/c1-14(27-17-11-9-16(23)10-12-17)21(26)25-22-24-20(13-28-22)19-8-4-6-15-5-2-3-7-18(15)19/h2-14H,1H3,(H,24,25,26). The molecule has 6 heteroatoms. The fraction of sp³-hybridized carbons (Fsp3) is 0.0909. The molecule has 1 atom stereocenters. The molecule has 0 radical (unpaired) electrons. The van der Waals surface area contributed by atoms with Gasteiger partial charge in [0.1, 0.15) is 5.75 Å². The van der Waals surface area contributed by atoms with E-state index in [0.717, 1.165) is 26.5 Å². The Morgan fingerprint density at radius 1 is 1.07 bits per heavy atom. The van der Waals surface area contributed by atoms with E-state index in [2.05, 4.69) is 44.4 Å². The number of fused-ring (bicyclic) bond motifs is 1. The van der Waals surface area contributed by atoms with Crippen LogP contribution in [0.4, 0.5) is 5.13 Å². The van der Waals surface area contributed by atoms with Gasteiger partial charge in [-0.1, -0.05) is 58.4 Å². The first-order valence-corrected chi connectivity index (χ1v) is 10.4. The summed E-state index contributed by atoms with van der Waals surface area (Å²) in [5.41, 5.74) is 1.90. The number of carbonyl (C=O) groups excluding carboxylic acids is 1. The zero-order valence-electron chi connectivity index (χ0n) is 15.1. The fourth-order valence-corrected chi connectivity index (χ4v) is 3.86. The molecule has 0 spiro atoms. The van der Waals surface area contributed by atoms with Crippen LogP contribution in [-0.4, -0.2) is 17.0 Å². The van der Waals surface area contributed by atoms with Crippen LogP contribution >= 0.6 is 27.3 Å². The molecule has 0 bridgehead atoms. The molecule has 4 nitrogen and oxygen atoms in total. The van der Waals surface area contributed by atoms with E-state index in [-0.39, 0.29) is 5.91 Å². The Kier molecular flexibility index (Phi) is 5.41. The highest BCUT2D eigenvalue weighted by Gasteiger charge is 2.17. The second-order valence-electron chi connectivity index (χ2n) is 6.27. The van der Waals surface area contributed by atoms with Crippen molar-refractivity contribution in [1.82, 2.24) is 4.98 Å². The van der Waals surface area contributed by atoms with Crippen LogP contribution < -0.4 is 10.1 Å². The van der Waals surface area contributed by atoms with E-state index in [0.29, 0.717) is 10.9 Å². The minimum Gasteiger partial charge on any atom is -0.481 e. The summed E-state index contributed by atoms with van der Waals surface area (Å²) < 4.78 is 6.66. The van der Waals surface area contributed by atoms with E-state index in [1.54, 1.807) is 6.92 Å². The van der Waals surface area contributed by atoms with Gasteiger partial charge in [-0.15, -0.1) is 11.3 Å². The van der Waals surface area contributed by atoms with Gasteiger partial charge in [-0.3, -0.25) is 10.1 Å². The summed E-state index contributed by atoms with van der Waals surface area (Å²) in [6.45, 7) is 1.72. The Morgan fingerprint density at radius 3 is 2.64 bits per heavy atom. The second-order valence-corrected chi connectivity index (χ2v) is 8.04. The molecule has 1 unspecified atom stereocenters. The minimum atomic E-state index is -0.633. The third-order valence-electron chi connectivity index (χ3n) is 4.30. The molecule has 140 valence electrons. The molecule has 1 heterocycles. The van der Waals surface area contributed by atoms with Crippen LogP contribution in [0.15, 0.2) is 76.6 Å². The van der Waals surface area contributed by atoms with Crippen LogP contribution in [0.2, 0.25) is 0 Å². The van der Waals surface area contributed by atoms with Crippen molar-refractivity contribution in [3.8, 4) is 17.0 Å². The number of hydrogen-bond donors (Lipinski definition) is 1. The molecular formula is C22H17BrN2O2S. The van der Waals surface area contributed by atoms with Crippen LogP contribution in [0.3, 0.4) is 0 Å². The molecule has 3 aromatic carbocycles. The minimum absolute atomic E-state index is 0.235. The van der Waals surface area contributed by atoms with E-state index in [1.165, 1.54) is 11.3 Å². The Bertz CT molecular complexity index is 1120. The lowest BCUT2D eigenvalue weighted by Gasteiger charge is -2.13. The van der Waals surface area contributed by atoms with Crippen LogP contribution in [0, 0.1) is 0 Å². The number of halogens is 1. The fourth-order valence-electron chi connectivity index (χ4n) is 2.88. The van der Waals surface area contributed by atoms with Gasteiger partial charge in [0.05, 0.1) is 5.69 Å². The predicted octanol–water partition coefficient (Wildman–Crippen LogP) is 6.13. The van der Waals surface area contributed by atoms with Crippen molar-refractivity contribution in [2.75, 3.05) is 5.32 Å². The van der Waals surface area contributed by atoms with Gasteiger partial charge < -0.3 is 4.74 Å². The topological polar surface area (TPSA) is 51.2 Å². The van der Waals surface area contributed by atoms with Gasteiger partial charge >= 0.3 is 0 Å².